The molecular formula is C16H14F3NO2S. The maximum Gasteiger partial charge on any atom is 0.288 e. The number of benzene rings is 2. The van der Waals surface area contributed by atoms with Gasteiger partial charge in [0.1, 0.15) is 0 Å². The first kappa shape index (κ1) is 17.2. The number of amides is 1. The van der Waals surface area contributed by atoms with E-state index in [2.05, 4.69) is 5.32 Å². The molecule has 0 heterocycles. The zero-order valence-corrected chi connectivity index (χ0v) is 13.0. The van der Waals surface area contributed by atoms with Gasteiger partial charge in [-0.25, -0.2) is 4.39 Å². The normalized spacial score (nSPS) is 10.7. The minimum absolute atomic E-state index is 0.0748. The Balaban J connectivity index is 2.07. The van der Waals surface area contributed by atoms with E-state index in [1.165, 1.54) is 31.4 Å². The van der Waals surface area contributed by atoms with Gasteiger partial charge < -0.3 is 10.1 Å². The highest BCUT2D eigenvalue weighted by Crippen LogP contribution is 2.31. The quantitative estimate of drug-likeness (QED) is 0.795. The Kier molecular flexibility index (Phi) is 5.92. The summed E-state index contributed by atoms with van der Waals surface area (Å²) in [4.78, 5) is 12.3. The number of anilines is 1. The average Bonchev–Trinajstić information content (AvgIpc) is 2.49. The number of methoxy groups -OCH3 is 1. The molecule has 0 aromatic heterocycles. The molecule has 0 unspecified atom stereocenters. The van der Waals surface area contributed by atoms with Gasteiger partial charge in [0, 0.05) is 4.90 Å². The maximum absolute atomic E-state index is 13.6. The molecule has 0 radical (unpaired) electrons. The van der Waals surface area contributed by atoms with E-state index in [-0.39, 0.29) is 17.1 Å². The lowest BCUT2D eigenvalue weighted by atomic mass is 10.1. The second-order valence-electron chi connectivity index (χ2n) is 4.57. The van der Waals surface area contributed by atoms with Crippen molar-refractivity contribution < 1.29 is 22.7 Å². The fourth-order valence-corrected chi connectivity index (χ4v) is 2.56. The molecule has 1 N–H and O–H groups in total. The first-order valence-corrected chi connectivity index (χ1v) is 7.53. The van der Waals surface area contributed by atoms with E-state index in [1.807, 2.05) is 0 Å². The predicted octanol–water partition coefficient (Wildman–Crippen LogP) is 4.33. The highest BCUT2D eigenvalue weighted by molar-refractivity contribution is 7.99. The Labute approximate surface area is 135 Å². The van der Waals surface area contributed by atoms with Crippen LogP contribution >= 0.6 is 11.8 Å². The maximum atomic E-state index is 13.6. The van der Waals surface area contributed by atoms with Crippen LogP contribution in [0.1, 0.15) is 5.56 Å². The predicted molar refractivity (Wildman–Crippen MR) is 83.6 cm³/mol. The lowest BCUT2D eigenvalue weighted by Gasteiger charge is -2.10. The van der Waals surface area contributed by atoms with Crippen LogP contribution in [0, 0.1) is 5.82 Å². The highest BCUT2D eigenvalue weighted by atomic mass is 32.2. The molecule has 0 aliphatic carbocycles. The lowest BCUT2D eigenvalue weighted by Crippen LogP contribution is -2.15. The van der Waals surface area contributed by atoms with Crippen molar-refractivity contribution in [2.45, 2.75) is 17.1 Å². The zero-order chi connectivity index (χ0) is 16.8. The molecule has 2 rings (SSSR count). The Hall–Kier alpha value is -2.15. The number of ether oxygens (including phenoxy) is 1. The second-order valence-corrected chi connectivity index (χ2v) is 5.60. The standard InChI is InChI=1S/C16H14F3NO2S/c1-22-13-7-6-10(8-11(13)17)9-15(21)20-12-4-2-3-5-14(12)23-16(18)19/h2-8,16H,9H2,1H3,(H,20,21). The van der Waals surface area contributed by atoms with Gasteiger partial charge in [-0.05, 0) is 29.8 Å². The molecule has 2 aromatic carbocycles. The van der Waals surface area contributed by atoms with E-state index in [1.54, 1.807) is 18.2 Å². The van der Waals surface area contributed by atoms with Gasteiger partial charge in [-0.15, -0.1) is 0 Å². The van der Waals surface area contributed by atoms with Crippen molar-refractivity contribution in [1.29, 1.82) is 0 Å². The summed E-state index contributed by atoms with van der Waals surface area (Å²) in [6.07, 6.45) is -0.0748. The molecule has 0 aliphatic rings. The molecule has 0 saturated heterocycles. The van der Waals surface area contributed by atoms with Gasteiger partial charge in [-0.2, -0.15) is 8.78 Å². The van der Waals surface area contributed by atoms with Crippen molar-refractivity contribution in [2.24, 2.45) is 0 Å². The third kappa shape index (κ3) is 4.92. The number of carbonyl (C=O) groups excluding carboxylic acids is 1. The number of para-hydroxylation sites is 1. The third-order valence-electron chi connectivity index (χ3n) is 2.96. The molecule has 0 aliphatic heterocycles. The minimum Gasteiger partial charge on any atom is -0.494 e. The van der Waals surface area contributed by atoms with Gasteiger partial charge in [-0.3, -0.25) is 4.79 Å². The van der Waals surface area contributed by atoms with Crippen LogP contribution in [0.4, 0.5) is 18.9 Å². The zero-order valence-electron chi connectivity index (χ0n) is 12.2. The van der Waals surface area contributed by atoms with Gasteiger partial charge in [0.15, 0.2) is 11.6 Å². The van der Waals surface area contributed by atoms with E-state index < -0.39 is 17.5 Å². The van der Waals surface area contributed by atoms with Crippen LogP contribution in [0.3, 0.4) is 0 Å². The van der Waals surface area contributed by atoms with Crippen molar-refractivity contribution in [1.82, 2.24) is 0 Å². The fraction of sp³-hybridized carbons (Fsp3) is 0.188. The monoisotopic (exact) mass is 341 g/mol. The largest absolute Gasteiger partial charge is 0.494 e. The van der Waals surface area contributed by atoms with E-state index in [0.29, 0.717) is 23.0 Å². The Morgan fingerprint density at radius 1 is 1.26 bits per heavy atom. The summed E-state index contributed by atoms with van der Waals surface area (Å²) in [7, 11) is 1.35. The van der Waals surface area contributed by atoms with E-state index in [9.17, 15) is 18.0 Å². The van der Waals surface area contributed by atoms with Gasteiger partial charge >= 0.3 is 0 Å². The summed E-state index contributed by atoms with van der Waals surface area (Å²) >= 11 is 0.356. The molecule has 23 heavy (non-hydrogen) atoms. The molecule has 0 saturated carbocycles. The van der Waals surface area contributed by atoms with E-state index >= 15 is 0 Å². The van der Waals surface area contributed by atoms with E-state index in [4.69, 9.17) is 4.74 Å². The summed E-state index contributed by atoms with van der Waals surface area (Å²) in [6.45, 7) is 0. The third-order valence-corrected chi connectivity index (χ3v) is 3.75. The Morgan fingerprint density at radius 3 is 2.65 bits per heavy atom. The van der Waals surface area contributed by atoms with Crippen LogP contribution in [0.2, 0.25) is 0 Å². The average molecular weight is 341 g/mol. The summed E-state index contributed by atoms with van der Waals surface area (Å²) in [5, 5.41) is 2.57. The molecule has 1 amide bonds. The Morgan fingerprint density at radius 2 is 2.00 bits per heavy atom. The Bertz CT molecular complexity index is 695. The van der Waals surface area contributed by atoms with Crippen molar-refractivity contribution in [3.05, 3.63) is 53.8 Å². The van der Waals surface area contributed by atoms with Crippen molar-refractivity contribution in [2.75, 3.05) is 12.4 Å². The second kappa shape index (κ2) is 7.92. The number of hydrogen-bond donors (Lipinski definition) is 1. The number of thioether (sulfide) groups is 1. The first-order chi connectivity index (χ1) is 11.0. The lowest BCUT2D eigenvalue weighted by molar-refractivity contribution is -0.115. The molecule has 0 spiro atoms. The molecule has 122 valence electrons. The number of halogens is 3. The SMILES string of the molecule is COc1ccc(CC(=O)Nc2ccccc2SC(F)F)cc1F. The smallest absolute Gasteiger partial charge is 0.288 e. The van der Waals surface area contributed by atoms with Crippen LogP contribution in [0.5, 0.6) is 5.75 Å². The topological polar surface area (TPSA) is 38.3 Å². The van der Waals surface area contributed by atoms with E-state index in [0.717, 1.165) is 0 Å². The molecule has 0 fully saturated rings. The number of carbonyl (C=O) groups is 1. The molecule has 0 atom stereocenters. The minimum atomic E-state index is -2.58. The number of hydrogen-bond acceptors (Lipinski definition) is 3. The number of nitrogens with one attached hydrogen (secondary N) is 1. The summed E-state index contributed by atoms with van der Waals surface area (Å²) < 4.78 is 43.4. The number of alkyl halides is 2. The first-order valence-electron chi connectivity index (χ1n) is 6.65. The molecule has 7 heteroatoms. The van der Waals surface area contributed by atoms with Crippen molar-refractivity contribution in [3.8, 4) is 5.75 Å². The fourth-order valence-electron chi connectivity index (χ4n) is 1.97. The highest BCUT2D eigenvalue weighted by Gasteiger charge is 2.13. The van der Waals surface area contributed by atoms with Crippen LogP contribution in [0.15, 0.2) is 47.4 Å². The van der Waals surface area contributed by atoms with Crippen LogP contribution in [0.25, 0.3) is 0 Å². The van der Waals surface area contributed by atoms with Gasteiger partial charge in [0.25, 0.3) is 5.76 Å². The van der Waals surface area contributed by atoms with Crippen LogP contribution in [-0.4, -0.2) is 18.8 Å². The molecule has 3 nitrogen and oxygen atoms in total. The van der Waals surface area contributed by atoms with Crippen LogP contribution < -0.4 is 10.1 Å². The van der Waals surface area contributed by atoms with Crippen molar-refractivity contribution in [3.63, 3.8) is 0 Å². The summed E-state index contributed by atoms with van der Waals surface area (Å²) in [5.41, 5.74) is 0.761. The summed E-state index contributed by atoms with van der Waals surface area (Å²) in [6, 6.07) is 10.5. The molecule has 0 bridgehead atoms. The number of rotatable bonds is 6. The molecular weight excluding hydrogens is 327 g/mol. The summed E-state index contributed by atoms with van der Waals surface area (Å²) in [5.74, 6) is -3.47. The van der Waals surface area contributed by atoms with Crippen molar-refractivity contribution >= 4 is 23.4 Å². The van der Waals surface area contributed by atoms with Gasteiger partial charge in [-0.1, -0.05) is 30.0 Å². The molecule has 2 aromatic rings. The van der Waals surface area contributed by atoms with Crippen LogP contribution in [-0.2, 0) is 11.2 Å². The van der Waals surface area contributed by atoms with Gasteiger partial charge in [0.2, 0.25) is 5.91 Å². The van der Waals surface area contributed by atoms with Gasteiger partial charge in [0.05, 0.1) is 19.2 Å².